The molecule has 0 radical (unpaired) electrons. The van der Waals surface area contributed by atoms with Crippen LogP contribution in [0, 0.1) is 0 Å². The van der Waals surface area contributed by atoms with E-state index in [-0.39, 0.29) is 10.8 Å². The van der Waals surface area contributed by atoms with Gasteiger partial charge in [0.25, 0.3) is 0 Å². The molecule has 10 aromatic rings. The quantitative estimate of drug-likeness (QED) is 0.173. The summed E-state index contributed by atoms with van der Waals surface area (Å²) in [6.07, 6.45) is 0. The topological polar surface area (TPSA) is 38.7 Å². The van der Waals surface area contributed by atoms with Gasteiger partial charge in [0.05, 0.1) is 5.41 Å². The summed E-state index contributed by atoms with van der Waals surface area (Å²) in [4.78, 5) is 16.4. The van der Waals surface area contributed by atoms with Gasteiger partial charge in [0.1, 0.15) is 0 Å². The Morgan fingerprint density at radius 3 is 1.13 bits per heavy atom. The molecule has 3 nitrogen and oxygen atoms in total. The first-order chi connectivity index (χ1) is 32.7. The van der Waals surface area contributed by atoms with Crippen molar-refractivity contribution in [1.82, 2.24) is 15.0 Å². The Labute approximate surface area is 392 Å². The summed E-state index contributed by atoms with van der Waals surface area (Å²) in [6, 6.07) is 77.7. The third-order valence-corrected chi connectivity index (χ3v) is 15.2. The maximum Gasteiger partial charge on any atom is 0.164 e. The highest BCUT2D eigenvalue weighted by Gasteiger charge is 2.53. The van der Waals surface area contributed by atoms with Crippen molar-refractivity contribution in [3.8, 4) is 78.7 Å². The summed E-state index contributed by atoms with van der Waals surface area (Å²) in [5, 5.41) is 0. The Bertz CT molecular complexity index is 3530. The first-order valence-corrected chi connectivity index (χ1v) is 23.4. The van der Waals surface area contributed by atoms with Gasteiger partial charge in [-0.3, -0.25) is 0 Å². The Balaban J connectivity index is 1.07. The number of hydrogen-bond donors (Lipinski definition) is 0. The van der Waals surface area contributed by atoms with Crippen LogP contribution >= 0.6 is 0 Å². The molecule has 0 amide bonds. The average Bonchev–Trinajstić information content (AvgIpc) is 3.80. The van der Waals surface area contributed by atoms with Crippen LogP contribution in [0.25, 0.3) is 78.7 Å². The van der Waals surface area contributed by atoms with Crippen molar-refractivity contribution in [2.45, 2.75) is 43.9 Å². The number of aromatic nitrogens is 3. The number of nitrogens with zero attached hydrogens (tertiary/aromatic N) is 3. The molecule has 0 N–H and O–H groups in total. The van der Waals surface area contributed by atoms with E-state index >= 15 is 0 Å². The number of rotatable bonds is 5. The molecule has 3 heteroatoms. The highest BCUT2D eigenvalue weighted by Crippen LogP contribution is 2.62. The molecule has 67 heavy (non-hydrogen) atoms. The Kier molecular flexibility index (Phi) is 8.52. The smallest absolute Gasteiger partial charge is 0.164 e. The van der Waals surface area contributed by atoms with E-state index in [0.717, 1.165) is 38.9 Å². The van der Waals surface area contributed by atoms with Gasteiger partial charge in [0.15, 0.2) is 17.5 Å². The Morgan fingerprint density at radius 2 is 0.597 bits per heavy atom. The Morgan fingerprint density at radius 1 is 0.239 bits per heavy atom. The van der Waals surface area contributed by atoms with E-state index < -0.39 is 5.41 Å². The van der Waals surface area contributed by atoms with E-state index in [0.29, 0.717) is 17.5 Å². The highest BCUT2D eigenvalue weighted by atomic mass is 15.0. The first kappa shape index (κ1) is 39.4. The predicted octanol–water partition coefficient (Wildman–Crippen LogP) is 15.5. The summed E-state index contributed by atoms with van der Waals surface area (Å²) >= 11 is 0. The lowest BCUT2D eigenvalue weighted by molar-refractivity contribution is 0.563. The summed E-state index contributed by atoms with van der Waals surface area (Å²) in [7, 11) is 0. The van der Waals surface area contributed by atoms with E-state index in [9.17, 15) is 0 Å². The van der Waals surface area contributed by atoms with Crippen LogP contribution in [0.15, 0.2) is 212 Å². The van der Waals surface area contributed by atoms with Gasteiger partial charge in [0, 0.05) is 27.5 Å². The van der Waals surface area contributed by atoms with Crippen LogP contribution < -0.4 is 0 Å². The van der Waals surface area contributed by atoms with Crippen molar-refractivity contribution in [3.05, 3.63) is 257 Å². The zero-order valence-electron chi connectivity index (χ0n) is 38.0. The van der Waals surface area contributed by atoms with Crippen LogP contribution in [-0.4, -0.2) is 15.0 Å². The minimum absolute atomic E-state index is 0.181. The summed E-state index contributed by atoms with van der Waals surface area (Å²) in [6.45, 7) is 9.40. The predicted molar refractivity (Wildman–Crippen MR) is 274 cm³/mol. The van der Waals surface area contributed by atoms with Gasteiger partial charge < -0.3 is 0 Å². The van der Waals surface area contributed by atoms with Crippen molar-refractivity contribution in [2.75, 3.05) is 0 Å². The van der Waals surface area contributed by atoms with E-state index in [2.05, 4.69) is 240 Å². The van der Waals surface area contributed by atoms with Crippen LogP contribution in [0.4, 0.5) is 0 Å². The van der Waals surface area contributed by atoms with Crippen LogP contribution in [-0.2, 0) is 16.2 Å². The van der Waals surface area contributed by atoms with Crippen molar-refractivity contribution in [1.29, 1.82) is 0 Å². The van der Waals surface area contributed by atoms with Crippen LogP contribution in [0.3, 0.4) is 0 Å². The maximum atomic E-state index is 5.50. The molecule has 13 rings (SSSR count). The fraction of sp³-hybridized carbons (Fsp3) is 0.109. The lowest BCUT2D eigenvalue weighted by Gasteiger charge is -2.46. The molecule has 1 heterocycles. The molecule has 318 valence electrons. The molecule has 0 bridgehead atoms. The van der Waals surface area contributed by atoms with Gasteiger partial charge in [-0.15, -0.1) is 0 Å². The second kappa shape index (κ2) is 14.5. The lowest BCUT2D eigenvalue weighted by atomic mass is 9.55. The molecular formula is C64H47N3. The van der Waals surface area contributed by atoms with Gasteiger partial charge in [-0.05, 0) is 119 Å². The second-order valence-corrected chi connectivity index (χ2v) is 19.5. The summed E-state index contributed by atoms with van der Waals surface area (Å²) in [5.41, 5.74) is 22.0. The van der Waals surface area contributed by atoms with Crippen molar-refractivity contribution < 1.29 is 0 Å². The van der Waals surface area contributed by atoms with E-state index in [4.69, 9.17) is 15.0 Å². The van der Waals surface area contributed by atoms with Crippen molar-refractivity contribution in [2.24, 2.45) is 0 Å². The van der Waals surface area contributed by atoms with Gasteiger partial charge >= 0.3 is 0 Å². The average molecular weight is 858 g/mol. The molecule has 0 saturated carbocycles. The van der Waals surface area contributed by atoms with E-state index in [1.165, 1.54) is 66.8 Å². The molecule has 1 aromatic heterocycles. The zero-order valence-corrected chi connectivity index (χ0v) is 38.0. The maximum absolute atomic E-state index is 5.50. The summed E-state index contributed by atoms with van der Waals surface area (Å²) < 4.78 is 0. The van der Waals surface area contributed by atoms with Crippen LogP contribution in [0.2, 0.25) is 0 Å². The fourth-order valence-corrected chi connectivity index (χ4v) is 12.0. The fourth-order valence-electron chi connectivity index (χ4n) is 12.0. The molecule has 0 unspecified atom stereocenters. The van der Waals surface area contributed by atoms with Gasteiger partial charge in [-0.1, -0.05) is 210 Å². The standard InChI is InChI=1S/C64H47N3/c1-62(2)51-25-13-11-23-47(51)49-33-31-42(38-57(49)62)59-65-60(67-61(66-59)46-36-44(40-19-7-5-8-20-40)35-45(37-46)41-21-9-6-10-22-41)43-32-34-50-48-24-12-14-26-52(48)64(58(50)39-43)55-29-17-15-27-53(55)63(3,4)54-28-16-18-30-56(54)64/h5-39H,1-4H3. The minimum Gasteiger partial charge on any atom is -0.208 e. The molecule has 3 aliphatic rings. The Hall–Kier alpha value is -8.01. The number of benzene rings is 9. The van der Waals surface area contributed by atoms with Crippen LogP contribution in [0.1, 0.15) is 72.2 Å². The van der Waals surface area contributed by atoms with E-state index in [1.807, 2.05) is 0 Å². The molecule has 0 aliphatic heterocycles. The van der Waals surface area contributed by atoms with Gasteiger partial charge in [-0.25, -0.2) is 15.0 Å². The molecule has 9 aromatic carbocycles. The molecular weight excluding hydrogens is 811 g/mol. The van der Waals surface area contributed by atoms with Crippen molar-refractivity contribution >= 4 is 0 Å². The molecule has 0 atom stereocenters. The largest absolute Gasteiger partial charge is 0.208 e. The zero-order chi connectivity index (χ0) is 45.1. The van der Waals surface area contributed by atoms with Crippen molar-refractivity contribution in [3.63, 3.8) is 0 Å². The normalized spacial score (nSPS) is 14.9. The molecule has 0 fully saturated rings. The monoisotopic (exact) mass is 857 g/mol. The van der Waals surface area contributed by atoms with Gasteiger partial charge in [0.2, 0.25) is 0 Å². The van der Waals surface area contributed by atoms with Crippen LogP contribution in [0.5, 0.6) is 0 Å². The van der Waals surface area contributed by atoms with Gasteiger partial charge in [-0.2, -0.15) is 0 Å². The highest BCUT2D eigenvalue weighted by molar-refractivity contribution is 5.90. The SMILES string of the molecule is CC1(C)c2ccccc2-c2ccc(-c3nc(-c4cc(-c5ccccc5)cc(-c5ccccc5)c4)nc(-c4ccc5c(c4)C4(c6ccccc6-5)c5ccccc5C(C)(C)c5ccccc54)n3)cc21. The molecule has 3 aliphatic carbocycles. The number of hydrogen-bond acceptors (Lipinski definition) is 3. The van der Waals surface area contributed by atoms with E-state index in [1.54, 1.807) is 0 Å². The summed E-state index contributed by atoms with van der Waals surface area (Å²) in [5.74, 6) is 1.92. The lowest BCUT2D eigenvalue weighted by Crippen LogP contribution is -2.40. The number of fused-ring (bicyclic) bond motifs is 12. The first-order valence-electron chi connectivity index (χ1n) is 23.4. The third-order valence-electron chi connectivity index (χ3n) is 15.2. The molecule has 0 saturated heterocycles. The molecule has 1 spiro atoms. The second-order valence-electron chi connectivity index (χ2n) is 19.5. The third kappa shape index (κ3) is 5.74. The minimum atomic E-state index is -0.543.